The number of aliphatic hydroxyl groups excluding tert-OH is 2. The van der Waals surface area contributed by atoms with Gasteiger partial charge in [-0.2, -0.15) is 5.10 Å². The maximum atomic E-state index is 9.48. The van der Waals surface area contributed by atoms with E-state index < -0.39 is 0 Å². The molecule has 0 radical (unpaired) electrons. The monoisotopic (exact) mass is 334 g/mol. The van der Waals surface area contributed by atoms with Gasteiger partial charge in [0, 0.05) is 12.1 Å². The Morgan fingerprint density at radius 3 is 2.58 bits per heavy atom. The van der Waals surface area contributed by atoms with Gasteiger partial charge in [-0.15, -0.1) is 0 Å². The molecule has 0 atom stereocenters. The average Bonchev–Trinajstić information content (AvgIpc) is 2.85. The molecule has 0 bridgehead atoms. The Kier molecular flexibility index (Phi) is 5.37. The van der Waals surface area contributed by atoms with Crippen molar-refractivity contribution in [3.05, 3.63) is 12.1 Å². The zero-order valence-electron chi connectivity index (χ0n) is 13.7. The summed E-state index contributed by atoms with van der Waals surface area (Å²) in [5, 5.41) is 32.2. The fourth-order valence-electron chi connectivity index (χ4n) is 2.17. The summed E-state index contributed by atoms with van der Waals surface area (Å²) >= 11 is 0. The van der Waals surface area contributed by atoms with Crippen LogP contribution in [0.5, 0.6) is 5.75 Å². The van der Waals surface area contributed by atoms with E-state index in [1.54, 1.807) is 0 Å². The average molecular weight is 334 g/mol. The lowest BCUT2D eigenvalue weighted by Gasteiger charge is -2.17. The molecule has 0 saturated heterocycles. The van der Waals surface area contributed by atoms with E-state index in [4.69, 9.17) is 26.7 Å². The van der Waals surface area contributed by atoms with Gasteiger partial charge in [-0.1, -0.05) is 0 Å². The molecule has 0 aromatic heterocycles. The lowest BCUT2D eigenvalue weighted by atomic mass is 10.2. The van der Waals surface area contributed by atoms with Crippen molar-refractivity contribution in [1.29, 1.82) is 5.41 Å². The van der Waals surface area contributed by atoms with Gasteiger partial charge in [-0.3, -0.25) is 5.41 Å². The first-order chi connectivity index (χ1) is 11.4. The van der Waals surface area contributed by atoms with Crippen molar-refractivity contribution in [2.24, 2.45) is 10.1 Å². The molecule has 130 valence electrons. The summed E-state index contributed by atoms with van der Waals surface area (Å²) in [6.45, 7) is 3.36. The van der Waals surface area contributed by atoms with Crippen molar-refractivity contribution in [3.8, 4) is 5.75 Å². The van der Waals surface area contributed by atoms with Gasteiger partial charge in [-0.25, -0.2) is 10.0 Å². The number of hydrogen-bond acceptors (Lipinski definition) is 8. The molecule has 1 aliphatic rings. The summed E-state index contributed by atoms with van der Waals surface area (Å²) in [5.41, 5.74) is 13.3. The van der Waals surface area contributed by atoms with Crippen molar-refractivity contribution in [2.75, 3.05) is 31.3 Å². The van der Waals surface area contributed by atoms with E-state index in [9.17, 15) is 5.11 Å². The molecule has 0 amide bonds. The number of benzene rings is 1. The van der Waals surface area contributed by atoms with E-state index in [1.165, 1.54) is 17.1 Å². The standard InChI is InChI=1S/C15H22N6O3/c1-8(2)21-15(18)14(12(7-23)20-21)19-11-6-13(24-4-3-22)10(17)5-9(11)16/h5-6,8,18,22-23H,3-4,7,16-17H2,1-2H3. The Morgan fingerprint density at radius 1 is 1.29 bits per heavy atom. The number of hydrogen-bond donors (Lipinski definition) is 5. The molecule has 7 N–H and O–H groups in total. The van der Waals surface area contributed by atoms with Crippen LogP contribution in [0, 0.1) is 5.41 Å². The minimum Gasteiger partial charge on any atom is -0.489 e. The van der Waals surface area contributed by atoms with Gasteiger partial charge in [0.1, 0.15) is 23.8 Å². The van der Waals surface area contributed by atoms with Crippen LogP contribution in [-0.4, -0.2) is 58.3 Å². The lowest BCUT2D eigenvalue weighted by Crippen LogP contribution is -2.32. The van der Waals surface area contributed by atoms with Crippen LogP contribution in [-0.2, 0) is 0 Å². The SMILES string of the molecule is CC(C)N1N=C(CO)C(=Nc2cc(OCCO)c(N)cc2N)C1=N. The number of nitrogen functional groups attached to an aromatic ring is 2. The summed E-state index contributed by atoms with van der Waals surface area (Å²) in [7, 11) is 0. The van der Waals surface area contributed by atoms with Crippen molar-refractivity contribution >= 4 is 34.3 Å². The quantitative estimate of drug-likeness (QED) is 0.473. The molecule has 9 nitrogen and oxygen atoms in total. The number of nitrogens with two attached hydrogens (primary N) is 2. The highest BCUT2D eigenvalue weighted by molar-refractivity contribution is 6.70. The third-order valence-corrected chi connectivity index (χ3v) is 3.33. The molecule has 9 heteroatoms. The summed E-state index contributed by atoms with van der Waals surface area (Å²) in [6, 6.07) is 2.99. The van der Waals surface area contributed by atoms with Crippen molar-refractivity contribution in [3.63, 3.8) is 0 Å². The van der Waals surface area contributed by atoms with Crippen molar-refractivity contribution in [2.45, 2.75) is 19.9 Å². The molecule has 2 rings (SSSR count). The Hall–Kier alpha value is -2.65. The maximum absolute atomic E-state index is 9.48. The molecular weight excluding hydrogens is 312 g/mol. The minimum atomic E-state index is -0.340. The molecule has 0 spiro atoms. The fourth-order valence-corrected chi connectivity index (χ4v) is 2.17. The van der Waals surface area contributed by atoms with Gasteiger partial charge >= 0.3 is 0 Å². The first-order valence-electron chi connectivity index (χ1n) is 7.47. The molecule has 1 heterocycles. The van der Waals surface area contributed by atoms with E-state index in [0.717, 1.165) is 0 Å². The van der Waals surface area contributed by atoms with E-state index in [-0.39, 0.29) is 37.4 Å². The number of ether oxygens (including phenoxy) is 1. The van der Waals surface area contributed by atoms with Crippen LogP contribution < -0.4 is 16.2 Å². The number of aliphatic hydroxyl groups is 2. The number of amidine groups is 1. The molecule has 0 unspecified atom stereocenters. The Morgan fingerprint density at radius 2 is 2.00 bits per heavy atom. The topological polar surface area (TPSA) is 154 Å². The highest BCUT2D eigenvalue weighted by Gasteiger charge is 2.29. The van der Waals surface area contributed by atoms with Crippen LogP contribution >= 0.6 is 0 Å². The summed E-state index contributed by atoms with van der Waals surface area (Å²) in [5.74, 6) is 0.424. The van der Waals surface area contributed by atoms with Crippen LogP contribution in [0.2, 0.25) is 0 Å². The molecular formula is C15H22N6O3. The van der Waals surface area contributed by atoms with Crippen LogP contribution in [0.1, 0.15) is 13.8 Å². The molecule has 0 aliphatic carbocycles. The predicted molar refractivity (Wildman–Crippen MR) is 94.2 cm³/mol. The largest absolute Gasteiger partial charge is 0.489 e. The van der Waals surface area contributed by atoms with Crippen molar-refractivity contribution < 1.29 is 14.9 Å². The van der Waals surface area contributed by atoms with Gasteiger partial charge in [0.15, 0.2) is 5.84 Å². The summed E-state index contributed by atoms with van der Waals surface area (Å²) in [4.78, 5) is 4.37. The fraction of sp³-hybridized carbons (Fsp3) is 0.400. The second kappa shape index (κ2) is 7.28. The van der Waals surface area contributed by atoms with E-state index in [0.29, 0.717) is 28.5 Å². The van der Waals surface area contributed by atoms with E-state index in [1.807, 2.05) is 13.8 Å². The highest BCUT2D eigenvalue weighted by Crippen LogP contribution is 2.34. The molecule has 1 aromatic rings. The van der Waals surface area contributed by atoms with Gasteiger partial charge in [0.25, 0.3) is 0 Å². The number of nitrogens with zero attached hydrogens (tertiary/aromatic N) is 3. The Labute approximate surface area is 139 Å². The number of hydrazone groups is 1. The zero-order chi connectivity index (χ0) is 17.9. The zero-order valence-corrected chi connectivity index (χ0v) is 13.7. The van der Waals surface area contributed by atoms with Gasteiger partial charge in [-0.05, 0) is 19.9 Å². The lowest BCUT2D eigenvalue weighted by molar-refractivity contribution is 0.202. The first-order valence-corrected chi connectivity index (χ1v) is 7.47. The van der Waals surface area contributed by atoms with Crippen LogP contribution in [0.3, 0.4) is 0 Å². The molecule has 24 heavy (non-hydrogen) atoms. The Balaban J connectivity index is 2.43. The van der Waals surface area contributed by atoms with Crippen LogP contribution in [0.15, 0.2) is 22.2 Å². The van der Waals surface area contributed by atoms with E-state index >= 15 is 0 Å². The third-order valence-electron chi connectivity index (χ3n) is 3.33. The third kappa shape index (κ3) is 3.47. The molecule has 0 fully saturated rings. The first kappa shape index (κ1) is 17.7. The molecule has 0 saturated carbocycles. The smallest absolute Gasteiger partial charge is 0.169 e. The minimum absolute atomic E-state index is 0.0426. The summed E-state index contributed by atoms with van der Waals surface area (Å²) in [6.07, 6.45) is 0. The van der Waals surface area contributed by atoms with Crippen molar-refractivity contribution in [1.82, 2.24) is 5.01 Å². The van der Waals surface area contributed by atoms with E-state index in [2.05, 4.69) is 10.1 Å². The molecule has 1 aromatic carbocycles. The Bertz CT molecular complexity index is 699. The van der Waals surface area contributed by atoms with Crippen LogP contribution in [0.4, 0.5) is 17.1 Å². The van der Waals surface area contributed by atoms with Gasteiger partial charge in [0.05, 0.1) is 30.3 Å². The highest BCUT2D eigenvalue weighted by atomic mass is 16.5. The van der Waals surface area contributed by atoms with Crippen LogP contribution in [0.25, 0.3) is 0 Å². The van der Waals surface area contributed by atoms with Gasteiger partial charge in [0.2, 0.25) is 0 Å². The number of rotatable bonds is 6. The second-order valence-corrected chi connectivity index (χ2v) is 5.47. The molecule has 1 aliphatic heterocycles. The number of nitrogens with one attached hydrogen (secondary N) is 1. The van der Waals surface area contributed by atoms with Gasteiger partial charge < -0.3 is 26.4 Å². The summed E-state index contributed by atoms with van der Waals surface area (Å²) < 4.78 is 5.34. The number of anilines is 2. The predicted octanol–water partition coefficient (Wildman–Crippen LogP) is 0.344. The maximum Gasteiger partial charge on any atom is 0.169 e. The normalized spacial score (nSPS) is 16.2. The second-order valence-electron chi connectivity index (χ2n) is 5.47. The number of aliphatic imine (C=N–C) groups is 1.